The average molecular weight is 380 g/mol. The van der Waals surface area contributed by atoms with Crippen molar-refractivity contribution >= 4 is 17.7 Å². The van der Waals surface area contributed by atoms with Gasteiger partial charge in [0.05, 0.1) is 19.3 Å². The fourth-order valence-electron chi connectivity index (χ4n) is 3.53. The van der Waals surface area contributed by atoms with E-state index in [0.29, 0.717) is 0 Å². The Balaban J connectivity index is 1.65. The first-order chi connectivity index (χ1) is 13.5. The Morgan fingerprint density at radius 3 is 2.68 bits per heavy atom. The molecule has 1 N–H and O–H groups in total. The molecule has 2 unspecified atom stereocenters. The van der Waals surface area contributed by atoms with Crippen LogP contribution in [0.4, 0.5) is 5.69 Å². The summed E-state index contributed by atoms with van der Waals surface area (Å²) in [6.07, 6.45) is 3.77. The van der Waals surface area contributed by atoms with Crippen LogP contribution in [0.25, 0.3) is 6.08 Å². The SMILES string of the molecule is COc1cccc(C=CC(=O)Nc2ccccc2CN2CC(C)OC(C)C2)c1. The topological polar surface area (TPSA) is 50.8 Å². The van der Waals surface area contributed by atoms with E-state index in [2.05, 4.69) is 30.1 Å². The van der Waals surface area contributed by atoms with Crippen LogP contribution in [-0.4, -0.2) is 43.2 Å². The lowest BCUT2D eigenvalue weighted by Gasteiger charge is -2.35. The van der Waals surface area contributed by atoms with E-state index in [0.717, 1.165) is 42.2 Å². The van der Waals surface area contributed by atoms with E-state index in [4.69, 9.17) is 9.47 Å². The lowest BCUT2D eigenvalue weighted by atomic mass is 10.1. The molecule has 0 saturated carbocycles. The maximum Gasteiger partial charge on any atom is 0.248 e. The molecule has 1 aliphatic rings. The molecular formula is C23H28N2O3. The molecule has 1 fully saturated rings. The Labute approximate surface area is 167 Å². The Hall–Kier alpha value is -2.63. The molecule has 2 aromatic rings. The first kappa shape index (κ1) is 20.1. The maximum absolute atomic E-state index is 12.4. The standard InChI is InChI=1S/C23H28N2O3/c1-17-14-25(15-18(2)28-17)16-20-8-4-5-10-22(20)24-23(26)12-11-19-7-6-9-21(13-19)27-3/h4-13,17-18H,14-16H2,1-3H3,(H,24,26). The number of nitrogens with one attached hydrogen (secondary N) is 1. The van der Waals surface area contributed by atoms with Gasteiger partial charge in [0.25, 0.3) is 0 Å². The number of amides is 1. The molecule has 148 valence electrons. The second-order valence-corrected chi connectivity index (χ2v) is 7.21. The second kappa shape index (κ2) is 9.53. The zero-order chi connectivity index (χ0) is 19.9. The fraction of sp³-hybridized carbons (Fsp3) is 0.348. The molecule has 1 saturated heterocycles. The van der Waals surface area contributed by atoms with Crippen molar-refractivity contribution in [2.24, 2.45) is 0 Å². The van der Waals surface area contributed by atoms with Crippen molar-refractivity contribution in [3.05, 3.63) is 65.7 Å². The van der Waals surface area contributed by atoms with Crippen LogP contribution in [0.3, 0.4) is 0 Å². The molecule has 0 spiro atoms. The van der Waals surface area contributed by atoms with Crippen molar-refractivity contribution in [2.45, 2.75) is 32.6 Å². The Morgan fingerprint density at radius 2 is 1.93 bits per heavy atom. The second-order valence-electron chi connectivity index (χ2n) is 7.21. The van der Waals surface area contributed by atoms with Crippen molar-refractivity contribution < 1.29 is 14.3 Å². The quantitative estimate of drug-likeness (QED) is 0.771. The molecule has 1 heterocycles. The maximum atomic E-state index is 12.4. The highest BCUT2D eigenvalue weighted by molar-refractivity contribution is 6.02. The molecule has 1 aliphatic heterocycles. The summed E-state index contributed by atoms with van der Waals surface area (Å²) in [6, 6.07) is 15.5. The van der Waals surface area contributed by atoms with Crippen molar-refractivity contribution in [3.63, 3.8) is 0 Å². The minimum Gasteiger partial charge on any atom is -0.497 e. The first-order valence-corrected chi connectivity index (χ1v) is 9.62. The van der Waals surface area contributed by atoms with Gasteiger partial charge in [-0.1, -0.05) is 30.3 Å². The van der Waals surface area contributed by atoms with Crippen molar-refractivity contribution in [2.75, 3.05) is 25.5 Å². The normalized spacial score (nSPS) is 20.2. The van der Waals surface area contributed by atoms with Crippen LogP contribution in [0.5, 0.6) is 5.75 Å². The van der Waals surface area contributed by atoms with Gasteiger partial charge in [-0.3, -0.25) is 9.69 Å². The van der Waals surface area contributed by atoms with Crippen LogP contribution in [0.1, 0.15) is 25.0 Å². The largest absolute Gasteiger partial charge is 0.497 e. The highest BCUT2D eigenvalue weighted by Crippen LogP contribution is 2.20. The number of rotatable bonds is 6. The molecule has 5 heteroatoms. The van der Waals surface area contributed by atoms with Crippen molar-refractivity contribution in [1.29, 1.82) is 0 Å². The Morgan fingerprint density at radius 1 is 1.18 bits per heavy atom. The summed E-state index contributed by atoms with van der Waals surface area (Å²) in [5.41, 5.74) is 2.86. The molecule has 1 amide bonds. The summed E-state index contributed by atoms with van der Waals surface area (Å²) < 4.78 is 11.0. The van der Waals surface area contributed by atoms with Crippen LogP contribution in [0.2, 0.25) is 0 Å². The highest BCUT2D eigenvalue weighted by atomic mass is 16.5. The number of benzene rings is 2. The van der Waals surface area contributed by atoms with E-state index >= 15 is 0 Å². The minimum atomic E-state index is -0.154. The summed E-state index contributed by atoms with van der Waals surface area (Å²) in [4.78, 5) is 14.8. The number of carbonyl (C=O) groups excluding carboxylic acids is 1. The highest BCUT2D eigenvalue weighted by Gasteiger charge is 2.22. The van der Waals surface area contributed by atoms with Gasteiger partial charge >= 0.3 is 0 Å². The van der Waals surface area contributed by atoms with E-state index in [1.165, 1.54) is 0 Å². The summed E-state index contributed by atoms with van der Waals surface area (Å²) in [6.45, 7) is 6.76. The van der Waals surface area contributed by atoms with Crippen molar-refractivity contribution in [3.8, 4) is 5.75 Å². The van der Waals surface area contributed by atoms with Crippen LogP contribution in [0, 0.1) is 0 Å². The zero-order valence-corrected chi connectivity index (χ0v) is 16.7. The van der Waals surface area contributed by atoms with E-state index < -0.39 is 0 Å². The molecule has 3 rings (SSSR count). The van der Waals surface area contributed by atoms with Gasteiger partial charge in [0.2, 0.25) is 5.91 Å². The van der Waals surface area contributed by atoms with Crippen LogP contribution < -0.4 is 10.1 Å². The summed E-state index contributed by atoms with van der Waals surface area (Å²) in [5.74, 6) is 0.612. The third-order valence-corrected chi connectivity index (χ3v) is 4.69. The van der Waals surface area contributed by atoms with Gasteiger partial charge in [-0.25, -0.2) is 0 Å². The molecule has 0 radical (unpaired) electrons. The molecule has 2 aromatic carbocycles. The summed E-state index contributed by atoms with van der Waals surface area (Å²) in [5, 5.41) is 3.01. The third kappa shape index (κ3) is 5.68. The average Bonchev–Trinajstić information content (AvgIpc) is 2.67. The van der Waals surface area contributed by atoms with E-state index in [1.807, 2.05) is 42.5 Å². The molecule has 0 aliphatic carbocycles. The number of ether oxygens (including phenoxy) is 2. The number of nitrogens with zero attached hydrogens (tertiary/aromatic N) is 1. The van der Waals surface area contributed by atoms with Gasteiger partial charge < -0.3 is 14.8 Å². The van der Waals surface area contributed by atoms with E-state index in [-0.39, 0.29) is 18.1 Å². The molecule has 0 aromatic heterocycles. The van der Waals surface area contributed by atoms with Crippen LogP contribution >= 0.6 is 0 Å². The predicted molar refractivity (Wildman–Crippen MR) is 112 cm³/mol. The molecular weight excluding hydrogens is 352 g/mol. The van der Waals surface area contributed by atoms with Crippen LogP contribution in [0.15, 0.2) is 54.6 Å². The number of hydrogen-bond donors (Lipinski definition) is 1. The molecule has 2 atom stereocenters. The number of morpholine rings is 1. The number of methoxy groups -OCH3 is 1. The monoisotopic (exact) mass is 380 g/mol. The third-order valence-electron chi connectivity index (χ3n) is 4.69. The molecule has 0 bridgehead atoms. The lowest BCUT2D eigenvalue weighted by Crippen LogP contribution is -2.44. The molecule has 5 nitrogen and oxygen atoms in total. The van der Waals surface area contributed by atoms with Gasteiger partial charge in [0.15, 0.2) is 0 Å². The van der Waals surface area contributed by atoms with Crippen LogP contribution in [-0.2, 0) is 16.1 Å². The summed E-state index contributed by atoms with van der Waals surface area (Å²) in [7, 11) is 1.63. The number of anilines is 1. The lowest BCUT2D eigenvalue weighted by molar-refractivity contribution is -0.111. The van der Waals surface area contributed by atoms with Gasteiger partial charge in [0.1, 0.15) is 5.75 Å². The van der Waals surface area contributed by atoms with E-state index in [1.54, 1.807) is 19.3 Å². The van der Waals surface area contributed by atoms with E-state index in [9.17, 15) is 4.79 Å². The minimum absolute atomic E-state index is 0.154. The smallest absolute Gasteiger partial charge is 0.248 e. The number of carbonyl (C=O) groups is 1. The number of para-hydroxylation sites is 1. The van der Waals surface area contributed by atoms with Gasteiger partial charge in [-0.05, 0) is 49.2 Å². The van der Waals surface area contributed by atoms with Crippen molar-refractivity contribution in [1.82, 2.24) is 4.90 Å². The predicted octanol–water partition coefficient (Wildman–Crippen LogP) is 3.96. The number of hydrogen-bond acceptors (Lipinski definition) is 4. The first-order valence-electron chi connectivity index (χ1n) is 9.62. The summed E-state index contributed by atoms with van der Waals surface area (Å²) >= 11 is 0. The fourth-order valence-corrected chi connectivity index (χ4v) is 3.53. The zero-order valence-electron chi connectivity index (χ0n) is 16.7. The Bertz CT molecular complexity index is 824. The van der Waals surface area contributed by atoms with Gasteiger partial charge in [0, 0.05) is 31.4 Å². The molecule has 28 heavy (non-hydrogen) atoms. The Kier molecular flexibility index (Phi) is 6.85. The van der Waals surface area contributed by atoms with Gasteiger partial charge in [-0.2, -0.15) is 0 Å². The van der Waals surface area contributed by atoms with Gasteiger partial charge in [-0.15, -0.1) is 0 Å².